The van der Waals surface area contributed by atoms with Crippen LogP contribution >= 0.6 is 0 Å². The van der Waals surface area contributed by atoms with Crippen molar-refractivity contribution in [2.24, 2.45) is 0 Å². The van der Waals surface area contributed by atoms with Crippen LogP contribution < -0.4 is 0 Å². The van der Waals surface area contributed by atoms with Crippen LogP contribution in [0.4, 0.5) is 0 Å². The molecule has 0 saturated carbocycles. The maximum absolute atomic E-state index is 6.68. The topological polar surface area (TPSA) is 82.5 Å². The van der Waals surface area contributed by atoms with E-state index in [0.29, 0.717) is 28.9 Å². The molecule has 11 aromatic rings. The minimum atomic E-state index is 0.472. The molecular weight excluding hydrogens is 689 g/mol. The molecule has 56 heavy (non-hydrogen) atoms. The standard InChI is InChI=1S/C49H30N6O/c1-3-15-31(16-4-1)37-29-33(47-52-48(39-21-11-13-27-50-39)54-49(53-47)40-22-12-14-28-51-40)30-38(32-17-5-2-6-18-32)45(37)55-41-23-9-7-20-36(41)44-42(55)26-25-35-34-19-8-10-24-43(34)56-46(35)44/h1-30H. The zero-order valence-corrected chi connectivity index (χ0v) is 29.9. The van der Waals surface area contributed by atoms with E-state index in [-0.39, 0.29) is 0 Å². The summed E-state index contributed by atoms with van der Waals surface area (Å²) < 4.78 is 9.08. The number of rotatable bonds is 6. The number of furan rings is 1. The van der Waals surface area contributed by atoms with Gasteiger partial charge in [-0.3, -0.25) is 9.97 Å². The lowest BCUT2D eigenvalue weighted by Crippen LogP contribution is -2.04. The SMILES string of the molecule is c1ccc(-c2cc(-c3nc(-c4ccccn4)nc(-c4ccccn4)n3)cc(-c3ccccc3)c2-n2c3ccccc3c3c4oc5ccccc5c4ccc32)cc1. The number of pyridine rings is 2. The summed E-state index contributed by atoms with van der Waals surface area (Å²) in [7, 11) is 0. The smallest absolute Gasteiger partial charge is 0.182 e. The molecule has 0 aliphatic rings. The van der Waals surface area contributed by atoms with Crippen LogP contribution in [0.15, 0.2) is 187 Å². The quantitative estimate of drug-likeness (QED) is 0.170. The molecule has 6 aromatic carbocycles. The third-order valence-corrected chi connectivity index (χ3v) is 10.4. The Morgan fingerprint density at radius 1 is 0.411 bits per heavy atom. The molecule has 0 unspecified atom stereocenters. The Balaban J connectivity index is 1.26. The molecule has 7 heteroatoms. The van der Waals surface area contributed by atoms with Gasteiger partial charge in [0.2, 0.25) is 0 Å². The molecule has 0 N–H and O–H groups in total. The van der Waals surface area contributed by atoms with Crippen LogP contribution in [0.3, 0.4) is 0 Å². The second-order valence-electron chi connectivity index (χ2n) is 13.7. The maximum Gasteiger partial charge on any atom is 0.182 e. The molecule has 0 saturated heterocycles. The van der Waals surface area contributed by atoms with Crippen molar-refractivity contribution in [1.82, 2.24) is 29.5 Å². The van der Waals surface area contributed by atoms with Crippen molar-refractivity contribution in [1.29, 1.82) is 0 Å². The van der Waals surface area contributed by atoms with E-state index in [1.807, 2.05) is 60.7 Å². The molecule has 0 aliphatic carbocycles. The van der Waals surface area contributed by atoms with Crippen molar-refractivity contribution >= 4 is 43.7 Å². The Morgan fingerprint density at radius 3 is 1.59 bits per heavy atom. The van der Waals surface area contributed by atoms with Gasteiger partial charge < -0.3 is 8.98 Å². The van der Waals surface area contributed by atoms with Crippen LogP contribution in [-0.2, 0) is 0 Å². The summed E-state index contributed by atoms with van der Waals surface area (Å²) >= 11 is 0. The third-order valence-electron chi connectivity index (χ3n) is 10.4. The second kappa shape index (κ2) is 13.0. The number of fused-ring (bicyclic) bond motifs is 7. The van der Waals surface area contributed by atoms with E-state index in [1.165, 1.54) is 0 Å². The van der Waals surface area contributed by atoms with Gasteiger partial charge in [0, 0.05) is 45.2 Å². The summed E-state index contributed by atoms with van der Waals surface area (Å²) in [6, 6.07) is 58.3. The summed E-state index contributed by atoms with van der Waals surface area (Å²) in [5, 5.41) is 4.40. The van der Waals surface area contributed by atoms with Gasteiger partial charge in [-0.2, -0.15) is 0 Å². The summed E-state index contributed by atoms with van der Waals surface area (Å²) in [5.74, 6) is 1.47. The Hall–Kier alpha value is -7.77. The van der Waals surface area contributed by atoms with Crippen LogP contribution in [-0.4, -0.2) is 29.5 Å². The van der Waals surface area contributed by atoms with Gasteiger partial charge in [0.15, 0.2) is 17.5 Å². The Kier molecular flexibility index (Phi) is 7.35. The lowest BCUT2D eigenvalue weighted by Gasteiger charge is -2.21. The van der Waals surface area contributed by atoms with Gasteiger partial charge in [-0.05, 0) is 71.8 Å². The van der Waals surface area contributed by atoms with Crippen molar-refractivity contribution < 1.29 is 4.42 Å². The first-order valence-electron chi connectivity index (χ1n) is 18.5. The third kappa shape index (κ3) is 5.17. The number of hydrogen-bond donors (Lipinski definition) is 0. The van der Waals surface area contributed by atoms with Gasteiger partial charge in [0.1, 0.15) is 22.6 Å². The second-order valence-corrected chi connectivity index (χ2v) is 13.7. The largest absolute Gasteiger partial charge is 0.455 e. The average Bonchev–Trinajstić information content (AvgIpc) is 3.83. The van der Waals surface area contributed by atoms with E-state index in [9.17, 15) is 0 Å². The molecule has 0 radical (unpaired) electrons. The molecule has 5 heterocycles. The predicted molar refractivity (Wildman–Crippen MR) is 224 cm³/mol. The minimum Gasteiger partial charge on any atom is -0.455 e. The zero-order chi connectivity index (χ0) is 37.0. The molecule has 0 fully saturated rings. The summed E-state index contributed by atoms with van der Waals surface area (Å²) in [4.78, 5) is 24.2. The number of para-hydroxylation sites is 2. The van der Waals surface area contributed by atoms with Crippen LogP contribution in [0.5, 0.6) is 0 Å². The summed E-state index contributed by atoms with van der Waals surface area (Å²) in [6.07, 6.45) is 3.50. The number of benzene rings is 6. The average molecular weight is 719 g/mol. The molecule has 0 amide bonds. The van der Waals surface area contributed by atoms with Gasteiger partial charge in [0.25, 0.3) is 0 Å². The zero-order valence-electron chi connectivity index (χ0n) is 29.9. The number of hydrogen-bond acceptors (Lipinski definition) is 6. The van der Waals surface area contributed by atoms with E-state index in [4.69, 9.17) is 19.4 Å². The highest BCUT2D eigenvalue weighted by Gasteiger charge is 2.25. The normalized spacial score (nSPS) is 11.6. The molecule has 5 aromatic heterocycles. The number of aromatic nitrogens is 6. The van der Waals surface area contributed by atoms with E-state index in [2.05, 4.69) is 124 Å². The van der Waals surface area contributed by atoms with Gasteiger partial charge in [-0.15, -0.1) is 0 Å². The molecule has 0 aliphatic heterocycles. The molecular formula is C49H30N6O. The molecule has 0 bridgehead atoms. The van der Waals surface area contributed by atoms with Crippen LogP contribution in [0.2, 0.25) is 0 Å². The Morgan fingerprint density at radius 2 is 0.964 bits per heavy atom. The molecule has 7 nitrogen and oxygen atoms in total. The van der Waals surface area contributed by atoms with Crippen molar-refractivity contribution in [3.63, 3.8) is 0 Å². The highest BCUT2D eigenvalue weighted by molar-refractivity contribution is 6.24. The fourth-order valence-corrected chi connectivity index (χ4v) is 7.88. The van der Waals surface area contributed by atoms with E-state index < -0.39 is 0 Å². The van der Waals surface area contributed by atoms with Crippen molar-refractivity contribution in [2.75, 3.05) is 0 Å². The highest BCUT2D eigenvalue weighted by Crippen LogP contribution is 2.46. The van der Waals surface area contributed by atoms with Gasteiger partial charge in [-0.25, -0.2) is 15.0 Å². The Bertz CT molecular complexity index is 3110. The Labute approximate surface area is 321 Å². The van der Waals surface area contributed by atoms with Crippen LogP contribution in [0.25, 0.3) is 106 Å². The maximum atomic E-state index is 6.68. The molecule has 11 rings (SSSR count). The van der Waals surface area contributed by atoms with Crippen molar-refractivity contribution in [3.8, 4) is 62.4 Å². The van der Waals surface area contributed by atoms with Gasteiger partial charge in [-0.1, -0.05) is 109 Å². The van der Waals surface area contributed by atoms with Crippen LogP contribution in [0.1, 0.15) is 0 Å². The summed E-state index contributed by atoms with van der Waals surface area (Å²) in [6.45, 7) is 0. The molecule has 0 spiro atoms. The lowest BCUT2D eigenvalue weighted by molar-refractivity contribution is 0.673. The van der Waals surface area contributed by atoms with E-state index in [1.54, 1.807) is 12.4 Å². The molecule has 0 atom stereocenters. The number of nitrogens with zero attached hydrogens (tertiary/aromatic N) is 6. The molecule has 262 valence electrons. The fourth-order valence-electron chi connectivity index (χ4n) is 7.88. The van der Waals surface area contributed by atoms with E-state index >= 15 is 0 Å². The monoisotopic (exact) mass is 718 g/mol. The van der Waals surface area contributed by atoms with Gasteiger partial charge in [0.05, 0.1) is 22.1 Å². The fraction of sp³-hybridized carbons (Fsp3) is 0. The van der Waals surface area contributed by atoms with E-state index in [0.717, 1.165) is 77.2 Å². The van der Waals surface area contributed by atoms with Crippen LogP contribution in [0, 0.1) is 0 Å². The van der Waals surface area contributed by atoms with Crippen molar-refractivity contribution in [3.05, 3.63) is 182 Å². The predicted octanol–water partition coefficient (Wildman–Crippen LogP) is 12.0. The first-order valence-corrected chi connectivity index (χ1v) is 18.5. The lowest BCUT2D eigenvalue weighted by atomic mass is 9.92. The highest BCUT2D eigenvalue weighted by atomic mass is 16.3. The first-order chi connectivity index (χ1) is 27.8. The first kappa shape index (κ1) is 31.7. The minimum absolute atomic E-state index is 0.472. The van der Waals surface area contributed by atoms with Gasteiger partial charge >= 0.3 is 0 Å². The van der Waals surface area contributed by atoms with Crippen molar-refractivity contribution in [2.45, 2.75) is 0 Å². The summed E-state index contributed by atoms with van der Waals surface area (Å²) in [5.41, 5.74) is 11.2.